The Balaban J connectivity index is -0.0000000733. The molecule has 0 atom stereocenters. The molecule has 0 aliphatic carbocycles. The molecule has 5 nitrogen and oxygen atoms in total. The van der Waals surface area contributed by atoms with Crippen molar-refractivity contribution in [2.24, 2.45) is 0 Å². The third-order valence-corrected chi connectivity index (χ3v) is 0.850. The van der Waals surface area contributed by atoms with Crippen molar-refractivity contribution in [1.82, 2.24) is 0 Å². The monoisotopic (exact) mass is 334 g/mol. The smallest absolute Gasteiger partial charge is 0.741 e. The van der Waals surface area contributed by atoms with E-state index in [1.807, 2.05) is 0 Å². The first-order chi connectivity index (χ1) is 4.98. The van der Waals surface area contributed by atoms with Crippen LogP contribution in [0.5, 0.6) is 0 Å². The summed E-state index contributed by atoms with van der Waals surface area (Å²) in [6, 6.07) is 0. The zero-order valence-electron chi connectivity index (χ0n) is 6.19. The third kappa shape index (κ3) is 18.1. The van der Waals surface area contributed by atoms with Gasteiger partial charge in [0, 0.05) is 5.97 Å². The van der Waals surface area contributed by atoms with Crippen LogP contribution in [0, 0.1) is 0 Å². The topological polar surface area (TPSA) is 97.3 Å². The molecule has 2 radical (unpaired) electrons. The van der Waals surface area contributed by atoms with Gasteiger partial charge in [-0.3, -0.25) is 0 Å². The molecule has 0 aliphatic heterocycles. The van der Waals surface area contributed by atoms with Crippen molar-refractivity contribution >= 4 is 16.1 Å². The Morgan fingerprint density at radius 2 is 1.29 bits per heavy atom. The van der Waals surface area contributed by atoms with Crippen LogP contribution in [0.1, 0.15) is 6.92 Å². The van der Waals surface area contributed by atoms with Crippen LogP contribution in [0.2, 0.25) is 0 Å². The van der Waals surface area contributed by atoms with Crippen molar-refractivity contribution in [1.29, 1.82) is 0 Å². The largest absolute Gasteiger partial charge is 2.00 e. The molecular weight excluding hydrogens is 332 g/mol. The molecule has 11 heteroatoms. The molecule has 0 unspecified atom stereocenters. The van der Waals surface area contributed by atoms with E-state index in [1.165, 1.54) is 0 Å². The second-order valence-electron chi connectivity index (χ2n) is 1.39. The van der Waals surface area contributed by atoms with E-state index < -0.39 is 21.6 Å². The van der Waals surface area contributed by atoms with Gasteiger partial charge in [0.15, 0.2) is 10.1 Å². The second kappa shape index (κ2) is 8.51. The van der Waals surface area contributed by atoms with Gasteiger partial charge in [0.2, 0.25) is 0 Å². The number of aliphatic carboxylic acids is 1. The average molecular weight is 335 g/mol. The van der Waals surface area contributed by atoms with E-state index in [2.05, 4.69) is 0 Å². The first kappa shape index (κ1) is 23.8. The molecule has 0 amide bonds. The molecule has 0 fully saturated rings. The minimum absolute atomic E-state index is 0. The number of hydrogen-bond acceptors (Lipinski definition) is 5. The van der Waals surface area contributed by atoms with Crippen LogP contribution in [0.25, 0.3) is 0 Å². The van der Waals surface area contributed by atoms with Crippen LogP contribution in [0.3, 0.4) is 0 Å². The predicted octanol–water partition coefficient (Wildman–Crippen LogP) is -1.20. The number of alkyl halides is 3. The van der Waals surface area contributed by atoms with Gasteiger partial charge in [-0.2, -0.15) is 13.2 Å². The van der Waals surface area contributed by atoms with Gasteiger partial charge in [0.25, 0.3) is 0 Å². The molecule has 0 heterocycles. The van der Waals surface area contributed by atoms with Crippen molar-refractivity contribution in [3.63, 3.8) is 0 Å². The van der Waals surface area contributed by atoms with Gasteiger partial charge in [-0.25, -0.2) is 8.42 Å². The van der Waals surface area contributed by atoms with Gasteiger partial charge in [0.05, 0.1) is 0 Å². The normalized spacial score (nSPS) is 9.79. The van der Waals surface area contributed by atoms with E-state index in [0.29, 0.717) is 0 Å². The number of carboxylic acid groups (broad SMARTS) is 1. The number of halogens is 3. The van der Waals surface area contributed by atoms with Crippen molar-refractivity contribution in [3.8, 4) is 0 Å². The Labute approximate surface area is 98.7 Å². The summed E-state index contributed by atoms with van der Waals surface area (Å²) in [5.74, 6) is -1.08. The van der Waals surface area contributed by atoms with Crippen molar-refractivity contribution in [2.45, 2.75) is 12.4 Å². The second-order valence-corrected chi connectivity index (χ2v) is 2.76. The van der Waals surface area contributed by atoms with Crippen molar-refractivity contribution < 1.29 is 70.2 Å². The zero-order chi connectivity index (χ0) is 10.6. The Bertz CT molecular complexity index is 243. The van der Waals surface area contributed by atoms with Crippen LogP contribution in [-0.2, 0) is 49.1 Å². The van der Waals surface area contributed by atoms with E-state index in [4.69, 9.17) is 22.9 Å². The van der Waals surface area contributed by atoms with E-state index in [-0.39, 0.29) is 34.1 Å². The molecule has 0 saturated carbocycles. The van der Waals surface area contributed by atoms with Crippen LogP contribution in [0.15, 0.2) is 0 Å². The summed E-state index contributed by atoms with van der Waals surface area (Å²) >= 11 is 0. The Hall–Kier alpha value is 0.209. The van der Waals surface area contributed by atoms with Crippen LogP contribution in [-0.4, -0.2) is 24.4 Å². The fraction of sp³-hybridized carbons (Fsp3) is 0.667. The molecule has 0 rings (SSSR count). The maximum absolute atomic E-state index is 10.7. The summed E-state index contributed by atoms with van der Waals surface area (Å²) in [6.07, 6.45) is 0. The maximum atomic E-state index is 10.7. The molecule has 0 N–H and O–H groups in total. The molecule has 0 aromatic heterocycles. The maximum Gasteiger partial charge on any atom is 2.00 e. The number of carboxylic acids is 1. The van der Waals surface area contributed by atoms with Crippen LogP contribution in [0.4, 0.5) is 13.2 Å². The third-order valence-electron chi connectivity index (χ3n) is 0.283. The molecule has 0 aromatic rings. The average Bonchev–Trinajstić information content (AvgIpc) is 1.55. The summed E-state index contributed by atoms with van der Waals surface area (Å²) in [5.41, 5.74) is -5.65. The fourth-order valence-corrected chi connectivity index (χ4v) is 0. The number of carbonyl (C=O) groups is 1. The van der Waals surface area contributed by atoms with E-state index >= 15 is 0 Å². The van der Waals surface area contributed by atoms with Gasteiger partial charge in [-0.1, -0.05) is 0 Å². The first-order valence-electron chi connectivity index (χ1n) is 2.18. The van der Waals surface area contributed by atoms with E-state index in [0.717, 1.165) is 6.92 Å². The van der Waals surface area contributed by atoms with Gasteiger partial charge in [-0.15, -0.1) is 0 Å². The summed E-state index contributed by atoms with van der Waals surface area (Å²) < 4.78 is 58.9. The van der Waals surface area contributed by atoms with Gasteiger partial charge in [-0.05, 0) is 6.92 Å². The molecule has 14 heavy (non-hydrogen) atoms. The fourth-order valence-electron chi connectivity index (χ4n) is 0. The van der Waals surface area contributed by atoms with Crippen LogP contribution >= 0.6 is 0 Å². The SMILES string of the molecule is CC(=O)[O-].O=S(=O)([O-])C(F)(F)F.[Cu+2].[Cu+2]. The number of hydrogen-bond donors (Lipinski definition) is 0. The predicted molar refractivity (Wildman–Crippen MR) is 26.4 cm³/mol. The van der Waals surface area contributed by atoms with Gasteiger partial charge in [0.1, 0.15) is 0 Å². The quantitative estimate of drug-likeness (QED) is 0.315. The van der Waals surface area contributed by atoms with Crippen LogP contribution < -0.4 is 5.11 Å². The Morgan fingerprint density at radius 1 is 1.21 bits per heavy atom. The van der Waals surface area contributed by atoms with Gasteiger partial charge < -0.3 is 14.5 Å². The van der Waals surface area contributed by atoms with E-state index in [1.54, 1.807) is 0 Å². The summed E-state index contributed by atoms with van der Waals surface area (Å²) in [7, 11) is -6.09. The van der Waals surface area contributed by atoms with Crippen molar-refractivity contribution in [2.75, 3.05) is 0 Å². The summed E-state index contributed by atoms with van der Waals surface area (Å²) in [6.45, 7) is 0.972. The Kier molecular flexibility index (Phi) is 14.5. The molecule has 92 valence electrons. The Morgan fingerprint density at radius 3 is 1.29 bits per heavy atom. The summed E-state index contributed by atoms with van der Waals surface area (Å²) in [4.78, 5) is 8.89. The summed E-state index contributed by atoms with van der Waals surface area (Å²) in [5, 5.41) is 8.89. The van der Waals surface area contributed by atoms with Gasteiger partial charge >= 0.3 is 39.6 Å². The molecule has 0 spiro atoms. The molecule has 0 bridgehead atoms. The zero-order valence-corrected chi connectivity index (χ0v) is 8.89. The molecular formula is C3H3Cu2F3O5S+2. The minimum atomic E-state index is -6.09. The number of rotatable bonds is 0. The first-order valence-corrected chi connectivity index (χ1v) is 3.59. The minimum Gasteiger partial charge on any atom is -0.741 e. The molecule has 0 aromatic carbocycles. The van der Waals surface area contributed by atoms with Crippen molar-refractivity contribution in [3.05, 3.63) is 0 Å². The van der Waals surface area contributed by atoms with E-state index in [9.17, 15) is 13.2 Å². The molecule has 0 saturated heterocycles. The standard InChI is InChI=1S/C2H4O2.CHF3O3S.2Cu/c1-2(3)4;2-1(3,4)8(5,6)7;;/h1H3,(H,3,4);(H,5,6,7);;/q;;2*+2/p-2. The number of carbonyl (C=O) groups excluding carboxylic acids is 1. The molecule has 0 aliphatic rings.